The quantitative estimate of drug-likeness (QED) is 0.715. The lowest BCUT2D eigenvalue weighted by Gasteiger charge is -2.23. The number of hydrogen-bond acceptors (Lipinski definition) is 5. The summed E-state index contributed by atoms with van der Waals surface area (Å²) in [5.41, 5.74) is -0.232. The zero-order chi connectivity index (χ0) is 19.3. The van der Waals surface area contributed by atoms with Crippen LogP contribution in [0.2, 0.25) is 0 Å². The average Bonchev–Trinajstić information content (AvgIpc) is 3.15. The SMILES string of the molecule is CCOc1ccc([C@@H](C)NC(=O)[C@H]2CCN(CC(=O)NC(C)(C)C)C2)s1.Cl. The minimum absolute atomic E-state index is 0. The first-order chi connectivity index (χ1) is 12.2. The van der Waals surface area contributed by atoms with Crippen molar-refractivity contribution in [1.82, 2.24) is 15.5 Å². The van der Waals surface area contributed by atoms with Crippen LogP contribution in [0.5, 0.6) is 5.06 Å². The van der Waals surface area contributed by atoms with Gasteiger partial charge in [-0.05, 0) is 59.7 Å². The molecule has 0 bridgehead atoms. The molecule has 0 aliphatic carbocycles. The number of likely N-dealkylation sites (tertiary alicyclic amines) is 1. The van der Waals surface area contributed by atoms with Gasteiger partial charge in [0.2, 0.25) is 11.8 Å². The van der Waals surface area contributed by atoms with E-state index in [1.165, 1.54) is 0 Å². The first-order valence-electron chi connectivity index (χ1n) is 9.24. The van der Waals surface area contributed by atoms with Gasteiger partial charge in [0.15, 0.2) is 5.06 Å². The van der Waals surface area contributed by atoms with Crippen LogP contribution >= 0.6 is 23.7 Å². The molecule has 1 aliphatic rings. The second kappa shape index (κ2) is 10.3. The number of nitrogens with zero attached hydrogens (tertiary/aromatic N) is 1. The van der Waals surface area contributed by atoms with Crippen molar-refractivity contribution in [1.29, 1.82) is 0 Å². The third-order valence-corrected chi connectivity index (χ3v) is 5.38. The molecule has 2 rings (SSSR count). The van der Waals surface area contributed by atoms with E-state index in [1.54, 1.807) is 11.3 Å². The monoisotopic (exact) mass is 417 g/mol. The number of amides is 2. The molecule has 0 saturated carbocycles. The first kappa shape index (κ1) is 23.7. The zero-order valence-electron chi connectivity index (χ0n) is 16.8. The van der Waals surface area contributed by atoms with Crippen molar-refractivity contribution in [3.8, 4) is 5.06 Å². The Labute approximate surface area is 172 Å². The minimum Gasteiger partial charge on any atom is -0.484 e. The maximum Gasteiger partial charge on any atom is 0.234 e. The number of hydrogen-bond donors (Lipinski definition) is 2. The Bertz CT molecular complexity index is 630. The Hall–Kier alpha value is -1.31. The second-order valence-electron chi connectivity index (χ2n) is 7.84. The minimum atomic E-state index is -0.232. The Morgan fingerprint density at radius 3 is 2.70 bits per heavy atom. The number of ether oxygens (including phenoxy) is 1. The van der Waals surface area contributed by atoms with Crippen LogP contribution in [-0.2, 0) is 9.59 Å². The zero-order valence-corrected chi connectivity index (χ0v) is 18.5. The van der Waals surface area contributed by atoms with Crippen LogP contribution in [0.3, 0.4) is 0 Å². The predicted octanol–water partition coefficient (Wildman–Crippen LogP) is 2.98. The molecule has 27 heavy (non-hydrogen) atoms. The van der Waals surface area contributed by atoms with E-state index in [1.807, 2.05) is 51.7 Å². The predicted molar refractivity (Wildman–Crippen MR) is 112 cm³/mol. The van der Waals surface area contributed by atoms with Gasteiger partial charge >= 0.3 is 0 Å². The van der Waals surface area contributed by atoms with Crippen LogP contribution in [-0.4, -0.2) is 48.5 Å². The Morgan fingerprint density at radius 2 is 2.07 bits per heavy atom. The highest BCUT2D eigenvalue weighted by Gasteiger charge is 2.30. The van der Waals surface area contributed by atoms with Crippen LogP contribution in [0.15, 0.2) is 12.1 Å². The molecule has 0 spiro atoms. The van der Waals surface area contributed by atoms with Crippen molar-refractivity contribution in [3.63, 3.8) is 0 Å². The summed E-state index contributed by atoms with van der Waals surface area (Å²) in [6.07, 6.45) is 0.788. The summed E-state index contributed by atoms with van der Waals surface area (Å²) in [5, 5.41) is 6.93. The van der Waals surface area contributed by atoms with Gasteiger partial charge in [0.1, 0.15) is 0 Å². The summed E-state index contributed by atoms with van der Waals surface area (Å²) < 4.78 is 5.49. The molecule has 2 atom stereocenters. The highest BCUT2D eigenvalue weighted by molar-refractivity contribution is 7.13. The highest BCUT2D eigenvalue weighted by Crippen LogP contribution is 2.29. The van der Waals surface area contributed by atoms with Crippen molar-refractivity contribution in [3.05, 3.63) is 17.0 Å². The second-order valence-corrected chi connectivity index (χ2v) is 8.92. The van der Waals surface area contributed by atoms with E-state index in [0.29, 0.717) is 19.7 Å². The molecular weight excluding hydrogens is 386 g/mol. The molecule has 0 radical (unpaired) electrons. The van der Waals surface area contributed by atoms with E-state index in [2.05, 4.69) is 10.6 Å². The normalized spacial score (nSPS) is 18.5. The maximum atomic E-state index is 12.6. The van der Waals surface area contributed by atoms with Gasteiger partial charge in [-0.1, -0.05) is 0 Å². The largest absolute Gasteiger partial charge is 0.484 e. The van der Waals surface area contributed by atoms with Crippen LogP contribution in [0, 0.1) is 5.92 Å². The number of nitrogens with one attached hydrogen (secondary N) is 2. The topological polar surface area (TPSA) is 70.7 Å². The van der Waals surface area contributed by atoms with Crippen LogP contribution < -0.4 is 15.4 Å². The molecule has 8 heteroatoms. The molecule has 2 amide bonds. The fourth-order valence-electron chi connectivity index (χ4n) is 3.04. The van der Waals surface area contributed by atoms with Crippen molar-refractivity contribution in [2.24, 2.45) is 5.92 Å². The van der Waals surface area contributed by atoms with Gasteiger partial charge in [-0.2, -0.15) is 0 Å². The van der Waals surface area contributed by atoms with E-state index in [0.717, 1.165) is 22.9 Å². The molecule has 154 valence electrons. The fraction of sp³-hybridized carbons (Fsp3) is 0.684. The molecule has 1 aromatic rings. The summed E-state index contributed by atoms with van der Waals surface area (Å²) in [6, 6.07) is 3.90. The Morgan fingerprint density at radius 1 is 1.37 bits per heavy atom. The summed E-state index contributed by atoms with van der Waals surface area (Å²) >= 11 is 1.56. The highest BCUT2D eigenvalue weighted by atomic mass is 35.5. The average molecular weight is 418 g/mol. The molecule has 1 saturated heterocycles. The summed E-state index contributed by atoms with van der Waals surface area (Å²) in [4.78, 5) is 27.7. The third kappa shape index (κ3) is 7.68. The molecule has 1 aliphatic heterocycles. The van der Waals surface area contributed by atoms with Gasteiger partial charge in [0.05, 0.1) is 25.1 Å². The molecule has 1 fully saturated rings. The van der Waals surface area contributed by atoms with Crippen molar-refractivity contribution >= 4 is 35.6 Å². The van der Waals surface area contributed by atoms with Gasteiger partial charge in [-0.25, -0.2) is 0 Å². The number of carbonyl (C=O) groups is 2. The van der Waals surface area contributed by atoms with Gasteiger partial charge < -0.3 is 15.4 Å². The van der Waals surface area contributed by atoms with Crippen molar-refractivity contribution in [2.45, 2.75) is 52.6 Å². The molecule has 0 aromatic carbocycles. The summed E-state index contributed by atoms with van der Waals surface area (Å²) in [6.45, 7) is 12.2. The first-order valence-corrected chi connectivity index (χ1v) is 10.1. The number of thiophene rings is 1. The fourth-order valence-corrected chi connectivity index (χ4v) is 3.96. The van der Waals surface area contributed by atoms with Gasteiger partial charge in [0.25, 0.3) is 0 Å². The van der Waals surface area contributed by atoms with E-state index in [-0.39, 0.29) is 41.7 Å². The van der Waals surface area contributed by atoms with E-state index >= 15 is 0 Å². The number of halogens is 1. The lowest BCUT2D eigenvalue weighted by Crippen LogP contribution is -2.45. The van der Waals surface area contributed by atoms with Crippen LogP contribution in [0.25, 0.3) is 0 Å². The van der Waals surface area contributed by atoms with E-state index in [4.69, 9.17) is 4.74 Å². The van der Waals surface area contributed by atoms with Crippen molar-refractivity contribution in [2.75, 3.05) is 26.2 Å². The standard InChI is InChI=1S/C19H31N3O3S.ClH/c1-6-25-17-8-7-15(26-17)13(2)20-18(24)14-9-10-22(11-14)12-16(23)21-19(3,4)5;/h7-8,13-14H,6,9-12H2,1-5H3,(H,20,24)(H,21,23);1H/t13-,14+;/m1./s1. The number of carbonyl (C=O) groups excluding carboxylic acids is 2. The third-order valence-electron chi connectivity index (χ3n) is 4.20. The Kier molecular flexibility index (Phi) is 9.05. The van der Waals surface area contributed by atoms with Gasteiger partial charge in [0, 0.05) is 17.0 Å². The van der Waals surface area contributed by atoms with Crippen LogP contribution in [0.1, 0.15) is 52.0 Å². The molecule has 2 N–H and O–H groups in total. The van der Waals surface area contributed by atoms with E-state index in [9.17, 15) is 9.59 Å². The molecular formula is C19H32ClN3O3S. The molecule has 6 nitrogen and oxygen atoms in total. The van der Waals surface area contributed by atoms with E-state index < -0.39 is 0 Å². The summed E-state index contributed by atoms with van der Waals surface area (Å²) in [5.74, 6) is 0.00256. The molecule has 0 unspecified atom stereocenters. The lowest BCUT2D eigenvalue weighted by molar-refractivity contribution is -0.126. The smallest absolute Gasteiger partial charge is 0.234 e. The number of rotatable bonds is 7. The van der Waals surface area contributed by atoms with Crippen molar-refractivity contribution < 1.29 is 14.3 Å². The van der Waals surface area contributed by atoms with Crippen LogP contribution in [0.4, 0.5) is 0 Å². The Balaban J connectivity index is 0.00000364. The van der Waals surface area contributed by atoms with Gasteiger partial charge in [-0.3, -0.25) is 14.5 Å². The van der Waals surface area contributed by atoms with Gasteiger partial charge in [-0.15, -0.1) is 23.7 Å². The molecule has 1 aromatic heterocycles. The maximum absolute atomic E-state index is 12.6. The molecule has 2 heterocycles. The lowest BCUT2D eigenvalue weighted by atomic mass is 10.1. The summed E-state index contributed by atoms with van der Waals surface area (Å²) in [7, 11) is 0.